The van der Waals surface area contributed by atoms with Crippen molar-refractivity contribution in [1.29, 1.82) is 0 Å². The van der Waals surface area contributed by atoms with Crippen LogP contribution in [0.4, 0.5) is 0 Å². The molecule has 1 spiro atoms. The summed E-state index contributed by atoms with van der Waals surface area (Å²) >= 11 is 0. The number of hydrogen-bond donors (Lipinski definition) is 5. The van der Waals surface area contributed by atoms with E-state index < -0.39 is 53.5 Å². The van der Waals surface area contributed by atoms with Crippen molar-refractivity contribution in [3.63, 3.8) is 0 Å². The van der Waals surface area contributed by atoms with Crippen LogP contribution in [0.25, 0.3) is 0 Å². The second-order valence-electron chi connectivity index (χ2n) is 11.0. The van der Waals surface area contributed by atoms with Gasteiger partial charge in [0.25, 0.3) is 5.91 Å². The number of hydrogen-bond acceptors (Lipinski definition) is 9. The molecule has 218 valence electrons. The number of likely N-dealkylation sites (N-methyl/N-ethyl adjacent to an activating group) is 1. The molecule has 4 aliphatic rings. The number of carboxylic acids is 1. The molecular weight excluding hydrogens is 532 g/mol. The van der Waals surface area contributed by atoms with Gasteiger partial charge in [0.1, 0.15) is 11.8 Å². The third-order valence-electron chi connectivity index (χ3n) is 8.93. The maximum Gasteiger partial charge on any atom is 0.326 e. The van der Waals surface area contributed by atoms with Gasteiger partial charge in [0.05, 0.1) is 17.4 Å². The Morgan fingerprint density at radius 1 is 1.20 bits per heavy atom. The summed E-state index contributed by atoms with van der Waals surface area (Å²) in [7, 11) is 1.96. The first kappa shape index (κ1) is 28.6. The highest BCUT2D eigenvalue weighted by Crippen LogP contribution is 2.65. The molecular formula is C30H34N2O9. The molecule has 2 aliphatic carbocycles. The van der Waals surface area contributed by atoms with Gasteiger partial charge in [0, 0.05) is 18.0 Å². The van der Waals surface area contributed by atoms with Crippen LogP contribution in [0.2, 0.25) is 0 Å². The van der Waals surface area contributed by atoms with E-state index in [2.05, 4.69) is 10.2 Å². The second kappa shape index (κ2) is 10.2. The molecule has 6 rings (SSSR count). The summed E-state index contributed by atoms with van der Waals surface area (Å²) in [4.78, 5) is 39.6. The smallest absolute Gasteiger partial charge is 0.326 e. The molecule has 11 heteroatoms. The SMILES string of the molecule is C.CN1CC[C@]23c4c5ccc(O)c4O[C@H]2C(OC(=O)C[C@H](NC(=O)[C@@H](O)c2ccccc2)C(=O)O)=CC[C@@]3(O)[C@H]1C5. The Kier molecular flexibility index (Phi) is 7.09. The van der Waals surface area contributed by atoms with Crippen molar-refractivity contribution in [3.8, 4) is 11.5 Å². The van der Waals surface area contributed by atoms with E-state index in [4.69, 9.17) is 9.47 Å². The number of aliphatic hydroxyl groups excluding tert-OH is 1. The molecule has 1 fully saturated rings. The van der Waals surface area contributed by atoms with E-state index >= 15 is 0 Å². The highest BCUT2D eigenvalue weighted by atomic mass is 16.6. The summed E-state index contributed by atoms with van der Waals surface area (Å²) in [5.41, 5.74) is -0.240. The fourth-order valence-corrected chi connectivity index (χ4v) is 7.01. The molecule has 5 N–H and O–H groups in total. The predicted octanol–water partition coefficient (Wildman–Crippen LogP) is 1.54. The number of aliphatic carboxylic acids is 1. The highest BCUT2D eigenvalue weighted by molar-refractivity contribution is 5.89. The molecule has 0 radical (unpaired) electrons. The van der Waals surface area contributed by atoms with Crippen LogP contribution < -0.4 is 10.1 Å². The fourth-order valence-electron chi connectivity index (χ4n) is 7.01. The monoisotopic (exact) mass is 566 g/mol. The van der Waals surface area contributed by atoms with Crippen molar-refractivity contribution in [3.05, 3.63) is 71.0 Å². The number of nitrogens with one attached hydrogen (secondary N) is 1. The van der Waals surface area contributed by atoms with Crippen molar-refractivity contribution in [2.24, 2.45) is 0 Å². The minimum absolute atomic E-state index is 0. The number of phenolic OH excluding ortho intramolecular Hbond substituents is 1. The van der Waals surface area contributed by atoms with Crippen LogP contribution in [-0.4, -0.2) is 80.6 Å². The number of benzene rings is 2. The molecule has 0 unspecified atom stereocenters. The van der Waals surface area contributed by atoms with Gasteiger partial charge in [-0.2, -0.15) is 0 Å². The maximum absolute atomic E-state index is 13.0. The van der Waals surface area contributed by atoms with E-state index in [1.165, 1.54) is 12.1 Å². The normalized spacial score (nSPS) is 28.6. The van der Waals surface area contributed by atoms with Gasteiger partial charge in [-0.25, -0.2) is 4.79 Å². The number of carbonyl (C=O) groups excluding carboxylic acids is 2. The van der Waals surface area contributed by atoms with Gasteiger partial charge < -0.3 is 40.1 Å². The Labute approximate surface area is 237 Å². The largest absolute Gasteiger partial charge is 0.504 e. The van der Waals surface area contributed by atoms with Crippen molar-refractivity contribution >= 4 is 17.8 Å². The number of likely N-dealkylation sites (tertiary alicyclic amines) is 1. The lowest BCUT2D eigenvalue weighted by molar-refractivity contribution is -0.169. The average Bonchev–Trinajstić information content (AvgIpc) is 3.29. The second-order valence-corrected chi connectivity index (χ2v) is 11.0. The zero-order valence-corrected chi connectivity index (χ0v) is 21.7. The number of phenols is 1. The molecule has 11 nitrogen and oxygen atoms in total. The molecule has 2 aromatic rings. The Hall–Kier alpha value is -3.93. The van der Waals surface area contributed by atoms with Crippen molar-refractivity contribution < 1.29 is 44.3 Å². The molecule has 6 atom stereocenters. The van der Waals surface area contributed by atoms with E-state index in [9.17, 15) is 34.8 Å². The van der Waals surface area contributed by atoms with Gasteiger partial charge in [-0.05, 0) is 49.7 Å². The molecule has 2 aromatic carbocycles. The molecule has 0 aromatic heterocycles. The van der Waals surface area contributed by atoms with Crippen molar-refractivity contribution in [2.45, 2.75) is 68.4 Å². The number of carbonyl (C=O) groups is 3. The molecule has 2 aliphatic heterocycles. The summed E-state index contributed by atoms with van der Waals surface area (Å²) in [5, 5.41) is 45.0. The molecule has 41 heavy (non-hydrogen) atoms. The number of rotatable bonds is 7. The Balaban J connectivity index is 0.00000337. The van der Waals surface area contributed by atoms with E-state index in [1.54, 1.807) is 30.3 Å². The zero-order valence-electron chi connectivity index (χ0n) is 21.7. The number of ether oxygens (including phenoxy) is 2. The zero-order chi connectivity index (χ0) is 28.4. The number of carboxylic acid groups (broad SMARTS) is 1. The first-order chi connectivity index (χ1) is 19.1. The predicted molar refractivity (Wildman–Crippen MR) is 145 cm³/mol. The lowest BCUT2D eigenvalue weighted by Crippen LogP contribution is -2.74. The van der Waals surface area contributed by atoms with Crippen LogP contribution in [0.15, 0.2) is 54.3 Å². The minimum Gasteiger partial charge on any atom is -0.504 e. The number of nitrogens with zero attached hydrogens (tertiary/aromatic N) is 1. The van der Waals surface area contributed by atoms with Gasteiger partial charge in [0.15, 0.2) is 23.7 Å². The van der Waals surface area contributed by atoms with Crippen LogP contribution >= 0.6 is 0 Å². The fraction of sp³-hybridized carbons (Fsp3) is 0.433. The summed E-state index contributed by atoms with van der Waals surface area (Å²) in [6, 6.07) is 9.52. The topological polar surface area (TPSA) is 166 Å². The quantitative estimate of drug-likeness (QED) is 0.310. The Morgan fingerprint density at radius 2 is 1.93 bits per heavy atom. The Morgan fingerprint density at radius 3 is 2.63 bits per heavy atom. The van der Waals surface area contributed by atoms with Crippen LogP contribution in [0.3, 0.4) is 0 Å². The number of aliphatic hydroxyl groups is 2. The van der Waals surface area contributed by atoms with Gasteiger partial charge in [-0.3, -0.25) is 9.59 Å². The lowest BCUT2D eigenvalue weighted by Gasteiger charge is -2.61. The van der Waals surface area contributed by atoms with E-state index in [0.717, 1.165) is 11.1 Å². The first-order valence-corrected chi connectivity index (χ1v) is 13.2. The number of esters is 1. The van der Waals surface area contributed by atoms with Crippen molar-refractivity contribution in [2.75, 3.05) is 13.6 Å². The maximum atomic E-state index is 13.0. The summed E-state index contributed by atoms with van der Waals surface area (Å²) in [6.45, 7) is 0.652. The van der Waals surface area contributed by atoms with Crippen LogP contribution in [0.5, 0.6) is 11.5 Å². The Bertz CT molecular complexity index is 1430. The highest BCUT2D eigenvalue weighted by Gasteiger charge is 2.72. The number of amides is 1. The average molecular weight is 567 g/mol. The van der Waals surface area contributed by atoms with Crippen LogP contribution in [-0.2, 0) is 31.0 Å². The van der Waals surface area contributed by atoms with Gasteiger partial charge in [-0.15, -0.1) is 0 Å². The summed E-state index contributed by atoms with van der Waals surface area (Å²) in [5.74, 6) is -3.05. The third-order valence-corrected chi connectivity index (χ3v) is 8.93. The van der Waals surface area contributed by atoms with Gasteiger partial charge in [-0.1, -0.05) is 43.8 Å². The van der Waals surface area contributed by atoms with Crippen molar-refractivity contribution in [1.82, 2.24) is 10.2 Å². The standard InChI is InChI=1S/C29H30N2O9.CH4/c1-31-12-11-28-22-16-7-8-18(32)24(22)40-25(28)19(9-10-29(28,38)20(31)13-16)39-21(33)14-17(27(36)37)30-26(35)23(34)15-5-3-2-4-6-15;/h2-9,17,20,23,25,32,34,38H,10-14H2,1H3,(H,30,35)(H,36,37);1H4/t17-,20+,23-,25-,28-,29+;/m0./s1. The number of aromatic hydroxyl groups is 1. The molecule has 0 saturated carbocycles. The third kappa shape index (κ3) is 4.18. The molecule has 1 saturated heterocycles. The first-order valence-electron chi connectivity index (χ1n) is 13.2. The lowest BCUT2D eigenvalue weighted by atomic mass is 9.50. The van der Waals surface area contributed by atoms with Crippen LogP contribution in [0, 0.1) is 0 Å². The van der Waals surface area contributed by atoms with Crippen LogP contribution in [0.1, 0.15) is 49.5 Å². The van der Waals surface area contributed by atoms with Gasteiger partial charge >= 0.3 is 11.9 Å². The minimum atomic E-state index is -1.66. The molecule has 1 amide bonds. The number of piperidine rings is 1. The van der Waals surface area contributed by atoms with E-state index in [-0.39, 0.29) is 42.7 Å². The van der Waals surface area contributed by atoms with E-state index in [1.807, 2.05) is 13.1 Å². The molecule has 2 heterocycles. The van der Waals surface area contributed by atoms with Gasteiger partial charge in [0.2, 0.25) is 0 Å². The molecule has 2 bridgehead atoms. The summed E-state index contributed by atoms with van der Waals surface area (Å²) in [6.07, 6.45) is -0.413. The summed E-state index contributed by atoms with van der Waals surface area (Å²) < 4.78 is 11.9. The van der Waals surface area contributed by atoms with E-state index in [0.29, 0.717) is 19.4 Å².